The van der Waals surface area contributed by atoms with Gasteiger partial charge in [-0.3, -0.25) is 23.3 Å². The minimum atomic E-state index is -1.28. The molecule has 9 N–H and O–H groups in total. The first kappa shape index (κ1) is 36.9. The van der Waals surface area contributed by atoms with E-state index < -0.39 is 48.2 Å². The third kappa shape index (κ3) is 13.8. The molecule has 0 saturated heterocycles. The number of amides is 2. The van der Waals surface area contributed by atoms with Crippen molar-refractivity contribution in [3.8, 4) is 0 Å². The van der Waals surface area contributed by atoms with Crippen molar-refractivity contribution in [3.05, 3.63) is 0 Å². The van der Waals surface area contributed by atoms with Gasteiger partial charge < -0.3 is 36.6 Å². The van der Waals surface area contributed by atoms with Crippen LogP contribution in [0.25, 0.3) is 0 Å². The molecule has 0 aliphatic carbocycles. The molecule has 0 aliphatic rings. The second-order valence-corrected chi connectivity index (χ2v) is 10.4. The molecule has 2 amide bonds. The second kappa shape index (κ2) is 20.7. The van der Waals surface area contributed by atoms with E-state index in [1.807, 2.05) is 29.8 Å². The molecule has 0 aromatic carbocycles. The fourth-order valence-electron chi connectivity index (χ4n) is 3.92. The van der Waals surface area contributed by atoms with Crippen molar-refractivity contribution in [2.75, 3.05) is 33.5 Å². The lowest BCUT2D eigenvalue weighted by Gasteiger charge is -2.37. The number of carbonyl (C=O) groups is 3. The molecule has 6 atom stereocenters. The van der Waals surface area contributed by atoms with Gasteiger partial charge in [-0.2, -0.15) is 0 Å². The summed E-state index contributed by atoms with van der Waals surface area (Å²) in [5, 5.41) is 32.4. The summed E-state index contributed by atoms with van der Waals surface area (Å²) in [4.78, 5) is 40.3. The zero-order chi connectivity index (χ0) is 29.3. The van der Waals surface area contributed by atoms with E-state index in [9.17, 15) is 24.6 Å². The van der Waals surface area contributed by atoms with Crippen molar-refractivity contribution >= 4 is 40.6 Å². The quantitative estimate of drug-likeness (QED) is 0.0251. The Labute approximate surface area is 241 Å². The van der Waals surface area contributed by atoms with Crippen molar-refractivity contribution in [3.63, 3.8) is 0 Å². The van der Waals surface area contributed by atoms with Crippen molar-refractivity contribution in [2.45, 2.75) is 96.8 Å². The summed E-state index contributed by atoms with van der Waals surface area (Å²) in [6.07, 6.45) is 0.123. The van der Waals surface area contributed by atoms with Crippen LogP contribution in [0.2, 0.25) is 0 Å². The average Bonchev–Trinajstić information content (AvgIpc) is 2.88. The van der Waals surface area contributed by atoms with Crippen LogP contribution in [0, 0.1) is 5.92 Å². The van der Waals surface area contributed by atoms with Gasteiger partial charge >= 0.3 is 5.97 Å². The molecule has 0 heterocycles. The molecule has 0 radical (unpaired) electrons. The highest BCUT2D eigenvalue weighted by molar-refractivity contribution is 14.1. The Hall–Kier alpha value is -1.14. The summed E-state index contributed by atoms with van der Waals surface area (Å²) in [5.41, 5.74) is 5.40. The van der Waals surface area contributed by atoms with Crippen LogP contribution in [0.1, 0.15) is 60.3 Å². The lowest BCUT2D eigenvalue weighted by atomic mass is 10.0. The first-order valence-corrected chi connectivity index (χ1v) is 14.3. The lowest BCUT2D eigenvalue weighted by Crippen LogP contribution is -2.59. The van der Waals surface area contributed by atoms with E-state index in [0.29, 0.717) is 51.6 Å². The zero-order valence-corrected chi connectivity index (χ0v) is 25.8. The van der Waals surface area contributed by atoms with Crippen molar-refractivity contribution < 1.29 is 29.3 Å². The molecule has 14 heteroatoms. The Bertz CT molecular complexity index is 689. The number of aliphatic hydroxyl groups is 2. The number of carbonyl (C=O) groups excluding carboxylic acids is 3. The Balaban J connectivity index is 5.65. The van der Waals surface area contributed by atoms with Gasteiger partial charge in [-0.25, -0.2) is 4.79 Å². The van der Waals surface area contributed by atoms with Gasteiger partial charge in [0.05, 0.1) is 25.3 Å². The molecule has 0 aliphatic heterocycles. The molecule has 38 heavy (non-hydrogen) atoms. The number of rotatable bonds is 21. The summed E-state index contributed by atoms with van der Waals surface area (Å²) < 4.78 is 7.80. The van der Waals surface area contributed by atoms with Gasteiger partial charge in [0.15, 0.2) is 6.04 Å². The third-order valence-electron chi connectivity index (χ3n) is 6.03. The number of esters is 1. The summed E-state index contributed by atoms with van der Waals surface area (Å²) in [6.45, 7) is 11.0. The minimum absolute atomic E-state index is 0.253. The van der Waals surface area contributed by atoms with Crippen molar-refractivity contribution in [2.24, 2.45) is 11.7 Å². The third-order valence-corrected chi connectivity index (χ3v) is 6.83. The first-order valence-electron chi connectivity index (χ1n) is 13.2. The predicted molar refractivity (Wildman–Crippen MR) is 155 cm³/mol. The van der Waals surface area contributed by atoms with Gasteiger partial charge in [0, 0.05) is 42.7 Å². The summed E-state index contributed by atoms with van der Waals surface area (Å²) in [6, 6.07) is -3.24. The molecule has 0 spiro atoms. The Morgan fingerprint density at radius 3 is 2.21 bits per heavy atom. The number of nitrogens with zero attached hydrogens (tertiary/aromatic N) is 1. The van der Waals surface area contributed by atoms with Gasteiger partial charge in [-0.15, -0.1) is 0 Å². The van der Waals surface area contributed by atoms with Gasteiger partial charge in [0.25, 0.3) is 0 Å². The van der Waals surface area contributed by atoms with Crippen LogP contribution < -0.4 is 30.5 Å². The molecule has 224 valence electrons. The van der Waals surface area contributed by atoms with E-state index in [0.717, 1.165) is 7.11 Å². The summed E-state index contributed by atoms with van der Waals surface area (Å²) in [7, 11) is 1.16. The van der Waals surface area contributed by atoms with Crippen molar-refractivity contribution in [1.82, 2.24) is 29.7 Å². The van der Waals surface area contributed by atoms with E-state index in [4.69, 9.17) is 5.73 Å². The number of hydrogen-bond acceptors (Lipinski definition) is 11. The fraction of sp³-hybridized carbons (Fsp3) is 0.875. The maximum absolute atomic E-state index is 13.3. The van der Waals surface area contributed by atoms with Gasteiger partial charge in [0.2, 0.25) is 11.8 Å². The van der Waals surface area contributed by atoms with E-state index in [1.54, 1.807) is 11.8 Å². The molecular weight excluding hydrogens is 609 g/mol. The fourth-order valence-corrected chi connectivity index (χ4v) is 4.50. The number of ether oxygens (including phenoxy) is 1. The molecule has 0 fully saturated rings. The molecule has 13 nitrogen and oxygen atoms in total. The van der Waals surface area contributed by atoms with Crippen LogP contribution in [0.3, 0.4) is 0 Å². The Morgan fingerprint density at radius 1 is 1.05 bits per heavy atom. The molecule has 0 aromatic rings. The number of aliphatic hydroxyl groups excluding tert-OH is 2. The van der Waals surface area contributed by atoms with Gasteiger partial charge in [-0.05, 0) is 52.0 Å². The number of halogens is 1. The van der Waals surface area contributed by atoms with E-state index in [2.05, 4.69) is 43.4 Å². The second-order valence-electron chi connectivity index (χ2n) is 9.76. The zero-order valence-electron chi connectivity index (χ0n) is 23.6. The highest BCUT2D eigenvalue weighted by atomic mass is 127. The monoisotopic (exact) mass is 659 g/mol. The van der Waals surface area contributed by atoms with Crippen LogP contribution >= 0.6 is 22.9 Å². The molecule has 2 unspecified atom stereocenters. The van der Waals surface area contributed by atoms with Gasteiger partial charge in [-0.1, -0.05) is 20.8 Å². The number of nitrogens with one attached hydrogen (secondary N) is 5. The molecule has 0 bridgehead atoms. The highest BCUT2D eigenvalue weighted by Crippen LogP contribution is 2.16. The van der Waals surface area contributed by atoms with Gasteiger partial charge in [0.1, 0.15) is 12.3 Å². The van der Waals surface area contributed by atoms with Crippen LogP contribution in [0.5, 0.6) is 0 Å². The van der Waals surface area contributed by atoms with Crippen LogP contribution in [-0.4, -0.2) is 103 Å². The number of hydrogen-bond donors (Lipinski definition) is 8. The normalized spacial score (nSPS) is 16.4. The van der Waals surface area contributed by atoms with Crippen LogP contribution in [0.4, 0.5) is 0 Å². The predicted octanol–water partition coefficient (Wildman–Crippen LogP) is -0.884. The maximum atomic E-state index is 13.3. The average molecular weight is 660 g/mol. The molecular formula is C24H50IN7O6. The smallest absolute Gasteiger partial charge is 0.331 e. The minimum Gasteiger partial charge on any atom is -0.467 e. The summed E-state index contributed by atoms with van der Waals surface area (Å²) >= 11 is 2.01. The lowest BCUT2D eigenvalue weighted by molar-refractivity contribution is -0.148. The van der Waals surface area contributed by atoms with Crippen LogP contribution in [0.15, 0.2) is 0 Å². The van der Waals surface area contributed by atoms with E-state index in [1.165, 1.54) is 6.92 Å². The Kier molecular flexibility index (Phi) is 20.1. The van der Waals surface area contributed by atoms with Crippen LogP contribution in [-0.2, 0) is 19.1 Å². The topological polar surface area (TPSA) is 190 Å². The standard InChI is InChI=1S/C24H50IN7O6/c1-7-11-32(23(36)19(31-25)12-15(2)3)16(4)21(34)29-18(9-8-10-27-14-28-13-26)22(35)30-20(17(5)33)24(37)38-6/h15-20,23,27-28,31,33,36H,7-14,26H2,1-6H3,(H,29,34)(H,30,35)/t16-,17?,18-,19-,20-,23?/m0/s1. The first-order chi connectivity index (χ1) is 17.9. The Morgan fingerprint density at radius 2 is 1.71 bits per heavy atom. The van der Waals surface area contributed by atoms with E-state index >= 15 is 0 Å². The maximum Gasteiger partial charge on any atom is 0.331 e. The summed E-state index contributed by atoms with van der Waals surface area (Å²) in [5.74, 6) is -1.50. The van der Waals surface area contributed by atoms with E-state index in [-0.39, 0.29) is 12.5 Å². The number of methoxy groups -OCH3 is 1. The SMILES string of the molecule is CCCN(C(O)[C@H](CC(C)C)NI)[C@@H](C)C(=O)N[C@@H](CCCNCNCN)C(=O)N[C@H](C(=O)OC)C(C)O. The van der Waals surface area contributed by atoms with Crippen molar-refractivity contribution in [1.29, 1.82) is 0 Å². The largest absolute Gasteiger partial charge is 0.467 e. The molecule has 0 rings (SSSR count). The molecule has 0 aromatic heterocycles. The number of nitrogens with two attached hydrogens (primary N) is 1. The molecule has 0 saturated carbocycles. The highest BCUT2D eigenvalue weighted by Gasteiger charge is 2.34.